The Bertz CT molecular complexity index is 726. The van der Waals surface area contributed by atoms with Crippen LogP contribution >= 0.6 is 0 Å². The highest BCUT2D eigenvalue weighted by atomic mass is 16.1. The van der Waals surface area contributed by atoms with Crippen LogP contribution in [0.5, 0.6) is 0 Å². The van der Waals surface area contributed by atoms with Crippen molar-refractivity contribution in [2.24, 2.45) is 7.05 Å². The summed E-state index contributed by atoms with van der Waals surface area (Å²) in [5.41, 5.74) is 1.89. The molecule has 5 heteroatoms. The summed E-state index contributed by atoms with van der Waals surface area (Å²) in [6, 6.07) is 7.80. The summed E-state index contributed by atoms with van der Waals surface area (Å²) in [6.07, 6.45) is 5.60. The molecule has 0 bridgehead atoms. The zero-order chi connectivity index (χ0) is 13.2. The molecule has 0 fully saturated rings. The molecule has 0 atom stereocenters. The van der Waals surface area contributed by atoms with E-state index in [9.17, 15) is 4.79 Å². The summed E-state index contributed by atoms with van der Waals surface area (Å²) in [4.78, 5) is 20.5. The molecule has 0 aliphatic rings. The maximum atomic E-state index is 12.1. The Morgan fingerprint density at radius 3 is 2.89 bits per heavy atom. The van der Waals surface area contributed by atoms with Gasteiger partial charge in [0.25, 0.3) is 0 Å². The summed E-state index contributed by atoms with van der Waals surface area (Å²) in [5, 5.41) is 0. The number of hydrogen-bond donors (Lipinski definition) is 0. The smallest absolute Gasteiger partial charge is 0.160 e. The van der Waals surface area contributed by atoms with Gasteiger partial charge >= 0.3 is 0 Å². The summed E-state index contributed by atoms with van der Waals surface area (Å²) in [5.74, 6) is 0.909. The average Bonchev–Trinajstić information content (AvgIpc) is 2.98. The van der Waals surface area contributed by atoms with Crippen molar-refractivity contribution < 1.29 is 4.79 Å². The first-order valence-electron chi connectivity index (χ1n) is 6.12. The number of carbonyl (C=O) groups excluding carboxylic acids is 1. The minimum absolute atomic E-state index is 0.123. The third-order valence-corrected chi connectivity index (χ3v) is 3.15. The van der Waals surface area contributed by atoms with Crippen molar-refractivity contribution in [2.75, 3.05) is 0 Å². The van der Waals surface area contributed by atoms with Crippen LogP contribution < -0.4 is 0 Å². The molecule has 0 aliphatic carbocycles. The van der Waals surface area contributed by atoms with Crippen LogP contribution in [0.15, 0.2) is 43.0 Å². The second-order valence-corrected chi connectivity index (χ2v) is 4.53. The third-order valence-electron chi connectivity index (χ3n) is 3.15. The second kappa shape index (κ2) is 4.68. The van der Waals surface area contributed by atoms with E-state index >= 15 is 0 Å². The molecule has 0 radical (unpaired) electrons. The van der Waals surface area contributed by atoms with Crippen molar-refractivity contribution in [3.05, 3.63) is 48.8 Å². The molecule has 2 heterocycles. The molecule has 0 spiro atoms. The minimum Gasteiger partial charge on any atom is -0.338 e. The zero-order valence-electron chi connectivity index (χ0n) is 10.7. The van der Waals surface area contributed by atoms with E-state index in [1.54, 1.807) is 12.5 Å². The monoisotopic (exact) mass is 254 g/mol. The predicted molar refractivity (Wildman–Crippen MR) is 71.7 cm³/mol. The number of aryl methyl sites for hydroxylation is 1. The highest BCUT2D eigenvalue weighted by Crippen LogP contribution is 2.12. The van der Waals surface area contributed by atoms with Crippen molar-refractivity contribution in [3.63, 3.8) is 0 Å². The summed E-state index contributed by atoms with van der Waals surface area (Å²) < 4.78 is 3.74. The molecule has 2 aromatic heterocycles. The van der Waals surface area contributed by atoms with Gasteiger partial charge in [-0.05, 0) is 12.1 Å². The van der Waals surface area contributed by atoms with Crippen LogP contribution in [0.3, 0.4) is 0 Å². The summed E-state index contributed by atoms with van der Waals surface area (Å²) in [7, 11) is 1.89. The van der Waals surface area contributed by atoms with Crippen molar-refractivity contribution in [3.8, 4) is 0 Å². The van der Waals surface area contributed by atoms with Crippen molar-refractivity contribution in [1.29, 1.82) is 0 Å². The zero-order valence-corrected chi connectivity index (χ0v) is 10.7. The number of Topliss-reactive ketones (excluding diaryl/α,β-unsaturated/α-hetero) is 1. The molecule has 1 aromatic carbocycles. The van der Waals surface area contributed by atoms with Gasteiger partial charge in [-0.3, -0.25) is 4.79 Å². The van der Waals surface area contributed by atoms with E-state index in [-0.39, 0.29) is 5.78 Å². The average molecular weight is 254 g/mol. The van der Waals surface area contributed by atoms with Crippen LogP contribution in [-0.2, 0) is 24.8 Å². The lowest BCUT2D eigenvalue weighted by molar-refractivity contribution is -0.119. The van der Waals surface area contributed by atoms with Gasteiger partial charge in [-0.25, -0.2) is 9.97 Å². The number of ketones is 1. The van der Waals surface area contributed by atoms with E-state index in [0.717, 1.165) is 16.9 Å². The van der Waals surface area contributed by atoms with E-state index in [2.05, 4.69) is 9.97 Å². The first-order valence-corrected chi connectivity index (χ1v) is 6.12. The van der Waals surface area contributed by atoms with Crippen LogP contribution in [0.4, 0.5) is 0 Å². The Labute approximate surface area is 110 Å². The van der Waals surface area contributed by atoms with Gasteiger partial charge < -0.3 is 9.13 Å². The highest BCUT2D eigenvalue weighted by molar-refractivity contribution is 5.82. The lowest BCUT2D eigenvalue weighted by Gasteiger charge is -2.04. The van der Waals surface area contributed by atoms with Gasteiger partial charge in [0.2, 0.25) is 0 Å². The molecular formula is C14H14N4O. The molecule has 5 nitrogen and oxygen atoms in total. The van der Waals surface area contributed by atoms with Gasteiger partial charge in [0.15, 0.2) is 5.78 Å². The Balaban J connectivity index is 1.78. The molecule has 0 unspecified atom stereocenters. The Morgan fingerprint density at radius 1 is 1.26 bits per heavy atom. The van der Waals surface area contributed by atoms with Gasteiger partial charge in [0.05, 0.1) is 30.3 Å². The SMILES string of the molecule is Cn1ccnc1CC(=O)Cn1cnc2ccccc21. The first-order chi connectivity index (χ1) is 9.24. The van der Waals surface area contributed by atoms with Crippen molar-refractivity contribution >= 4 is 16.8 Å². The molecule has 0 aliphatic heterocycles. The van der Waals surface area contributed by atoms with Gasteiger partial charge in [0, 0.05) is 19.4 Å². The number of nitrogens with zero attached hydrogens (tertiary/aromatic N) is 4. The van der Waals surface area contributed by atoms with E-state index < -0.39 is 0 Å². The number of hydrogen-bond acceptors (Lipinski definition) is 3. The maximum absolute atomic E-state index is 12.1. The Hall–Kier alpha value is -2.43. The fraction of sp³-hybridized carbons (Fsp3) is 0.214. The van der Waals surface area contributed by atoms with Gasteiger partial charge in [0.1, 0.15) is 5.82 Å². The van der Waals surface area contributed by atoms with Gasteiger partial charge in [-0.15, -0.1) is 0 Å². The normalized spacial score (nSPS) is 11.0. The van der Waals surface area contributed by atoms with E-state index in [1.165, 1.54) is 0 Å². The molecule has 0 amide bonds. The molecule has 0 N–H and O–H groups in total. The lowest BCUT2D eigenvalue weighted by atomic mass is 10.2. The highest BCUT2D eigenvalue weighted by Gasteiger charge is 2.10. The van der Waals surface area contributed by atoms with Gasteiger partial charge in [-0.1, -0.05) is 12.1 Å². The number of rotatable bonds is 4. The van der Waals surface area contributed by atoms with E-state index in [1.807, 2.05) is 46.6 Å². The van der Waals surface area contributed by atoms with Crippen molar-refractivity contribution in [2.45, 2.75) is 13.0 Å². The van der Waals surface area contributed by atoms with E-state index in [0.29, 0.717) is 13.0 Å². The third kappa shape index (κ3) is 2.27. The van der Waals surface area contributed by atoms with Gasteiger partial charge in [-0.2, -0.15) is 0 Å². The minimum atomic E-state index is 0.123. The largest absolute Gasteiger partial charge is 0.338 e. The fourth-order valence-corrected chi connectivity index (χ4v) is 2.13. The molecular weight excluding hydrogens is 240 g/mol. The molecule has 19 heavy (non-hydrogen) atoms. The summed E-state index contributed by atoms with van der Waals surface area (Å²) >= 11 is 0. The molecule has 96 valence electrons. The number of imidazole rings is 2. The van der Waals surface area contributed by atoms with Crippen LogP contribution in [0, 0.1) is 0 Å². The van der Waals surface area contributed by atoms with Crippen LogP contribution in [0.2, 0.25) is 0 Å². The predicted octanol–water partition coefficient (Wildman–Crippen LogP) is 1.58. The number of carbonyl (C=O) groups is 1. The van der Waals surface area contributed by atoms with E-state index in [4.69, 9.17) is 0 Å². The molecule has 0 saturated heterocycles. The quantitative estimate of drug-likeness (QED) is 0.710. The fourth-order valence-electron chi connectivity index (χ4n) is 2.13. The van der Waals surface area contributed by atoms with Crippen LogP contribution in [-0.4, -0.2) is 24.9 Å². The van der Waals surface area contributed by atoms with Crippen LogP contribution in [0.1, 0.15) is 5.82 Å². The molecule has 3 rings (SSSR count). The topological polar surface area (TPSA) is 52.7 Å². The number of para-hydroxylation sites is 2. The second-order valence-electron chi connectivity index (χ2n) is 4.53. The number of benzene rings is 1. The molecule has 0 saturated carbocycles. The first kappa shape index (κ1) is 11.6. The standard InChI is InChI=1S/C14H14N4O/c1-17-7-6-15-14(17)8-11(19)9-18-10-16-12-4-2-3-5-13(12)18/h2-7,10H,8-9H2,1H3. The number of aromatic nitrogens is 4. The Kier molecular flexibility index (Phi) is 2.87. The summed E-state index contributed by atoms with van der Waals surface area (Å²) in [6.45, 7) is 0.327. The number of fused-ring (bicyclic) bond motifs is 1. The van der Waals surface area contributed by atoms with Crippen LogP contribution in [0.25, 0.3) is 11.0 Å². The van der Waals surface area contributed by atoms with Crippen molar-refractivity contribution in [1.82, 2.24) is 19.1 Å². The Morgan fingerprint density at radius 2 is 2.11 bits per heavy atom. The lowest BCUT2D eigenvalue weighted by Crippen LogP contribution is -2.14. The molecule has 3 aromatic rings. The maximum Gasteiger partial charge on any atom is 0.160 e.